The third kappa shape index (κ3) is 2.63. The van der Waals surface area contributed by atoms with Crippen LogP contribution in [0.3, 0.4) is 0 Å². The molecule has 0 unspecified atom stereocenters. The number of hydrogen-bond donors (Lipinski definition) is 2. The first kappa shape index (κ1) is 12.0. The number of pyridine rings is 1. The van der Waals surface area contributed by atoms with Gasteiger partial charge in [-0.25, -0.2) is 9.37 Å². The first-order chi connectivity index (χ1) is 8.70. The number of benzene rings is 1. The fraction of sp³-hybridized carbons (Fsp3) is 0.0769. The van der Waals surface area contributed by atoms with Crippen molar-refractivity contribution in [2.45, 2.75) is 0 Å². The zero-order valence-corrected chi connectivity index (χ0v) is 9.77. The number of hydrogen-bond acceptors (Lipinski definition) is 3. The molecule has 2 aromatic rings. The lowest BCUT2D eigenvalue weighted by atomic mass is 10.2. The number of halogens is 1. The Labute approximate surface area is 104 Å². The van der Waals surface area contributed by atoms with E-state index in [1.54, 1.807) is 31.3 Å². The largest absolute Gasteiger partial charge is 0.373 e. The van der Waals surface area contributed by atoms with Gasteiger partial charge in [-0.15, -0.1) is 0 Å². The van der Waals surface area contributed by atoms with Crippen LogP contribution in [0.5, 0.6) is 0 Å². The smallest absolute Gasteiger partial charge is 0.255 e. The van der Waals surface area contributed by atoms with Crippen molar-refractivity contribution in [2.75, 3.05) is 17.7 Å². The van der Waals surface area contributed by atoms with Crippen molar-refractivity contribution >= 4 is 17.4 Å². The van der Waals surface area contributed by atoms with Gasteiger partial charge in [-0.2, -0.15) is 0 Å². The second kappa shape index (κ2) is 5.27. The maximum atomic E-state index is 13.4. The summed E-state index contributed by atoms with van der Waals surface area (Å²) in [5.74, 6) is -0.260. The van der Waals surface area contributed by atoms with Crippen LogP contribution in [0.2, 0.25) is 0 Å². The van der Waals surface area contributed by atoms with Crippen LogP contribution in [0, 0.1) is 5.82 Å². The summed E-state index contributed by atoms with van der Waals surface area (Å²) in [6.45, 7) is 0. The zero-order valence-electron chi connectivity index (χ0n) is 9.77. The predicted molar refractivity (Wildman–Crippen MR) is 68.1 cm³/mol. The summed E-state index contributed by atoms with van der Waals surface area (Å²) in [5.41, 5.74) is 0.572. The first-order valence-electron chi connectivity index (χ1n) is 5.40. The number of nitrogens with zero attached hydrogens (tertiary/aromatic N) is 1. The maximum absolute atomic E-state index is 13.4. The summed E-state index contributed by atoms with van der Waals surface area (Å²) in [6, 6.07) is 9.18. The average molecular weight is 245 g/mol. The molecule has 0 saturated carbocycles. The van der Waals surface area contributed by atoms with Crippen molar-refractivity contribution < 1.29 is 9.18 Å². The standard InChI is InChI=1S/C13H12FN3O/c1-15-12-8-9(6-7-16-12)13(18)17-11-5-3-2-4-10(11)14/h2-8H,1H3,(H,15,16)(H,17,18). The van der Waals surface area contributed by atoms with Crippen LogP contribution < -0.4 is 10.6 Å². The fourth-order valence-corrected chi connectivity index (χ4v) is 1.47. The molecule has 0 atom stereocenters. The van der Waals surface area contributed by atoms with Gasteiger partial charge in [0.05, 0.1) is 5.69 Å². The molecule has 0 aliphatic carbocycles. The molecule has 18 heavy (non-hydrogen) atoms. The molecule has 0 fully saturated rings. The van der Waals surface area contributed by atoms with E-state index in [1.807, 2.05) is 0 Å². The van der Waals surface area contributed by atoms with Crippen LogP contribution >= 0.6 is 0 Å². The molecule has 2 N–H and O–H groups in total. The highest BCUT2D eigenvalue weighted by Gasteiger charge is 2.09. The van der Waals surface area contributed by atoms with Crippen molar-refractivity contribution in [3.05, 3.63) is 54.0 Å². The van der Waals surface area contributed by atoms with Gasteiger partial charge in [0.1, 0.15) is 11.6 Å². The molecule has 4 nitrogen and oxygen atoms in total. The van der Waals surface area contributed by atoms with Crippen molar-refractivity contribution in [1.29, 1.82) is 0 Å². The summed E-state index contributed by atoms with van der Waals surface area (Å²) in [7, 11) is 1.71. The van der Waals surface area contributed by atoms with Crippen molar-refractivity contribution in [1.82, 2.24) is 4.98 Å². The monoisotopic (exact) mass is 245 g/mol. The zero-order chi connectivity index (χ0) is 13.0. The molecular weight excluding hydrogens is 233 g/mol. The maximum Gasteiger partial charge on any atom is 0.255 e. The van der Waals surface area contributed by atoms with Gasteiger partial charge in [0, 0.05) is 18.8 Å². The predicted octanol–water partition coefficient (Wildman–Crippen LogP) is 2.51. The SMILES string of the molecule is CNc1cc(C(=O)Nc2ccccc2F)ccn1. The van der Waals surface area contributed by atoms with Crippen LogP contribution in [-0.4, -0.2) is 17.9 Å². The number of para-hydroxylation sites is 1. The third-order valence-corrected chi connectivity index (χ3v) is 2.40. The van der Waals surface area contributed by atoms with Gasteiger partial charge < -0.3 is 10.6 Å². The van der Waals surface area contributed by atoms with Gasteiger partial charge in [-0.1, -0.05) is 12.1 Å². The van der Waals surface area contributed by atoms with Crippen LogP contribution in [0.15, 0.2) is 42.6 Å². The highest BCUT2D eigenvalue weighted by Crippen LogP contribution is 2.14. The summed E-state index contributed by atoms with van der Waals surface area (Å²) in [4.78, 5) is 15.9. The van der Waals surface area contributed by atoms with E-state index in [0.717, 1.165) is 0 Å². The fourth-order valence-electron chi connectivity index (χ4n) is 1.47. The number of rotatable bonds is 3. The molecule has 0 aliphatic heterocycles. The van der Waals surface area contributed by atoms with Crippen molar-refractivity contribution in [3.8, 4) is 0 Å². The van der Waals surface area contributed by atoms with E-state index < -0.39 is 5.82 Å². The summed E-state index contributed by atoms with van der Waals surface area (Å²) in [5, 5.41) is 5.34. The molecule has 1 aromatic heterocycles. The summed E-state index contributed by atoms with van der Waals surface area (Å²) < 4.78 is 13.4. The van der Waals surface area contributed by atoms with E-state index in [2.05, 4.69) is 15.6 Å². The molecule has 1 heterocycles. The number of amides is 1. The Kier molecular flexibility index (Phi) is 3.52. The Bertz CT molecular complexity index is 572. The quantitative estimate of drug-likeness (QED) is 0.873. The number of nitrogens with one attached hydrogen (secondary N) is 2. The Balaban J connectivity index is 2.19. The van der Waals surface area contributed by atoms with Gasteiger partial charge in [-0.05, 0) is 24.3 Å². The molecule has 1 aromatic carbocycles. The molecule has 0 aliphatic rings. The van der Waals surface area contributed by atoms with Crippen LogP contribution in [0.4, 0.5) is 15.9 Å². The molecule has 0 saturated heterocycles. The molecule has 92 valence electrons. The van der Waals surface area contributed by atoms with Crippen LogP contribution in [-0.2, 0) is 0 Å². The number of anilines is 2. The Morgan fingerprint density at radius 2 is 2.06 bits per heavy atom. The van der Waals surface area contributed by atoms with E-state index >= 15 is 0 Å². The van der Waals surface area contributed by atoms with Gasteiger partial charge in [0.25, 0.3) is 5.91 Å². The van der Waals surface area contributed by atoms with Gasteiger partial charge >= 0.3 is 0 Å². The highest BCUT2D eigenvalue weighted by atomic mass is 19.1. The lowest BCUT2D eigenvalue weighted by molar-refractivity contribution is 0.102. The molecule has 0 bridgehead atoms. The number of aromatic nitrogens is 1. The van der Waals surface area contributed by atoms with Gasteiger partial charge in [-0.3, -0.25) is 4.79 Å². The molecule has 2 rings (SSSR count). The Hall–Kier alpha value is -2.43. The molecular formula is C13H12FN3O. The average Bonchev–Trinajstić information content (AvgIpc) is 2.41. The van der Waals surface area contributed by atoms with Crippen molar-refractivity contribution in [2.24, 2.45) is 0 Å². The lowest BCUT2D eigenvalue weighted by Crippen LogP contribution is -2.13. The molecule has 0 radical (unpaired) electrons. The van der Waals surface area contributed by atoms with Crippen molar-refractivity contribution in [3.63, 3.8) is 0 Å². The second-order valence-corrected chi connectivity index (χ2v) is 3.61. The minimum Gasteiger partial charge on any atom is -0.373 e. The van der Waals surface area contributed by atoms with E-state index in [1.165, 1.54) is 18.3 Å². The summed E-state index contributed by atoms with van der Waals surface area (Å²) >= 11 is 0. The number of carbonyl (C=O) groups is 1. The molecule has 1 amide bonds. The minimum absolute atomic E-state index is 0.158. The number of carbonyl (C=O) groups excluding carboxylic acids is 1. The highest BCUT2D eigenvalue weighted by molar-refractivity contribution is 6.04. The third-order valence-electron chi connectivity index (χ3n) is 2.40. The minimum atomic E-state index is -0.464. The van der Waals surface area contributed by atoms with Gasteiger partial charge in [0.15, 0.2) is 0 Å². The molecule has 5 heteroatoms. The first-order valence-corrected chi connectivity index (χ1v) is 5.40. The van der Waals surface area contributed by atoms with Crippen LogP contribution in [0.25, 0.3) is 0 Å². The summed E-state index contributed by atoms with van der Waals surface area (Å²) in [6.07, 6.45) is 1.52. The van der Waals surface area contributed by atoms with Gasteiger partial charge in [0.2, 0.25) is 0 Å². The second-order valence-electron chi connectivity index (χ2n) is 3.61. The van der Waals surface area contributed by atoms with E-state index in [9.17, 15) is 9.18 Å². The van der Waals surface area contributed by atoms with Crippen LogP contribution in [0.1, 0.15) is 10.4 Å². The van der Waals surface area contributed by atoms with E-state index in [4.69, 9.17) is 0 Å². The normalized spacial score (nSPS) is 9.89. The van der Waals surface area contributed by atoms with E-state index in [0.29, 0.717) is 11.4 Å². The molecule has 0 spiro atoms. The Morgan fingerprint density at radius 3 is 2.78 bits per heavy atom. The Morgan fingerprint density at radius 1 is 1.28 bits per heavy atom. The van der Waals surface area contributed by atoms with E-state index in [-0.39, 0.29) is 11.6 Å². The topological polar surface area (TPSA) is 54.0 Å². The lowest BCUT2D eigenvalue weighted by Gasteiger charge is -2.07.